The molecule has 0 radical (unpaired) electrons. The van der Waals surface area contributed by atoms with Crippen molar-refractivity contribution in [2.24, 2.45) is 0 Å². The van der Waals surface area contributed by atoms with Crippen LogP contribution in [-0.2, 0) is 20.9 Å². The molecular formula is C18H17F2NO3. The molecule has 0 atom stereocenters. The Balaban J connectivity index is 2.05. The van der Waals surface area contributed by atoms with Gasteiger partial charge < -0.3 is 14.4 Å². The first-order valence-corrected chi connectivity index (χ1v) is 7.55. The maximum absolute atomic E-state index is 13.5. The highest BCUT2D eigenvalue weighted by Gasteiger charge is 2.23. The van der Waals surface area contributed by atoms with Gasteiger partial charge >= 0.3 is 0 Å². The van der Waals surface area contributed by atoms with Gasteiger partial charge in [0.05, 0.1) is 13.2 Å². The van der Waals surface area contributed by atoms with Crippen molar-refractivity contribution < 1.29 is 23.0 Å². The van der Waals surface area contributed by atoms with Crippen molar-refractivity contribution in [3.05, 3.63) is 53.6 Å². The summed E-state index contributed by atoms with van der Waals surface area (Å²) in [4.78, 5) is 13.9. The van der Waals surface area contributed by atoms with Gasteiger partial charge in [-0.05, 0) is 29.3 Å². The smallest absolute Gasteiger partial charge is 0.253 e. The molecule has 0 N–H and O–H groups in total. The van der Waals surface area contributed by atoms with Crippen LogP contribution in [0.2, 0.25) is 0 Å². The van der Waals surface area contributed by atoms with Gasteiger partial charge in [0.25, 0.3) is 5.91 Å². The molecule has 0 spiro atoms. The molecule has 3 rings (SSSR count). The second kappa shape index (κ2) is 7.07. The molecule has 0 saturated heterocycles. The summed E-state index contributed by atoms with van der Waals surface area (Å²) in [6, 6.07) is 8.69. The van der Waals surface area contributed by atoms with Crippen LogP contribution in [0, 0.1) is 11.6 Å². The van der Waals surface area contributed by atoms with Gasteiger partial charge in [0.1, 0.15) is 18.2 Å². The number of rotatable bonds is 4. The van der Waals surface area contributed by atoms with Gasteiger partial charge in [0, 0.05) is 31.0 Å². The van der Waals surface area contributed by atoms with Gasteiger partial charge in [-0.1, -0.05) is 12.1 Å². The van der Waals surface area contributed by atoms with E-state index < -0.39 is 11.6 Å². The molecule has 1 aliphatic rings. The summed E-state index contributed by atoms with van der Waals surface area (Å²) in [5, 5.41) is 0. The Morgan fingerprint density at radius 3 is 2.54 bits per heavy atom. The van der Waals surface area contributed by atoms with E-state index >= 15 is 0 Å². The average molecular weight is 333 g/mol. The second-order valence-corrected chi connectivity index (χ2v) is 5.53. The number of carbonyl (C=O) groups excluding carboxylic acids is 1. The summed E-state index contributed by atoms with van der Waals surface area (Å²) in [5.74, 6) is -1.46. The molecule has 1 amide bonds. The van der Waals surface area contributed by atoms with E-state index in [2.05, 4.69) is 0 Å². The van der Waals surface area contributed by atoms with Crippen LogP contribution in [0.3, 0.4) is 0 Å². The lowest BCUT2D eigenvalue weighted by molar-refractivity contribution is -0.123. The lowest BCUT2D eigenvalue weighted by atomic mass is 10.0. The quantitative estimate of drug-likeness (QED) is 0.863. The Bertz CT molecular complexity index is 744. The van der Waals surface area contributed by atoms with Crippen LogP contribution in [0.4, 0.5) is 14.5 Å². The van der Waals surface area contributed by atoms with Gasteiger partial charge in [-0.3, -0.25) is 4.79 Å². The van der Waals surface area contributed by atoms with Crippen molar-refractivity contribution in [1.29, 1.82) is 0 Å². The van der Waals surface area contributed by atoms with Crippen molar-refractivity contribution in [3.63, 3.8) is 0 Å². The summed E-state index contributed by atoms with van der Waals surface area (Å²) in [5.41, 5.74) is 2.57. The van der Waals surface area contributed by atoms with Gasteiger partial charge in [-0.25, -0.2) is 8.78 Å². The highest BCUT2D eigenvalue weighted by atomic mass is 19.1. The Kier molecular flexibility index (Phi) is 4.87. The molecule has 24 heavy (non-hydrogen) atoms. The third kappa shape index (κ3) is 3.44. The Hall–Kier alpha value is -2.31. The second-order valence-electron chi connectivity index (χ2n) is 5.53. The number of methoxy groups -OCH3 is 1. The standard InChI is InChI=1S/C18H17F2NO3/c1-23-5-4-21-17-8-12(14-6-15(19)9-16(20)7-14)2-3-13(17)10-24-11-18(21)22/h2-3,6-9H,4-5,10-11H2,1H3. The fraction of sp³-hybridized carbons (Fsp3) is 0.278. The molecule has 6 heteroatoms. The number of amides is 1. The zero-order chi connectivity index (χ0) is 17.1. The number of nitrogens with zero attached hydrogens (tertiary/aromatic N) is 1. The van der Waals surface area contributed by atoms with E-state index in [-0.39, 0.29) is 12.5 Å². The topological polar surface area (TPSA) is 38.8 Å². The van der Waals surface area contributed by atoms with E-state index in [9.17, 15) is 13.6 Å². The van der Waals surface area contributed by atoms with Crippen molar-refractivity contribution in [3.8, 4) is 11.1 Å². The molecule has 0 bridgehead atoms. The van der Waals surface area contributed by atoms with Gasteiger partial charge in [0.15, 0.2) is 0 Å². The van der Waals surface area contributed by atoms with Gasteiger partial charge in [-0.15, -0.1) is 0 Å². The summed E-state index contributed by atoms with van der Waals surface area (Å²) >= 11 is 0. The first kappa shape index (κ1) is 16.5. The number of anilines is 1. The third-order valence-electron chi connectivity index (χ3n) is 3.88. The molecule has 2 aromatic rings. The largest absolute Gasteiger partial charge is 0.383 e. The molecule has 0 saturated carbocycles. The van der Waals surface area contributed by atoms with Crippen molar-refractivity contribution >= 4 is 11.6 Å². The van der Waals surface area contributed by atoms with Crippen LogP contribution in [0.15, 0.2) is 36.4 Å². The summed E-state index contributed by atoms with van der Waals surface area (Å²) in [6.45, 7) is 1.06. The molecule has 4 nitrogen and oxygen atoms in total. The molecule has 126 valence electrons. The van der Waals surface area contributed by atoms with Gasteiger partial charge in [0.2, 0.25) is 0 Å². The van der Waals surface area contributed by atoms with E-state index in [1.807, 2.05) is 6.07 Å². The average Bonchev–Trinajstić information content (AvgIpc) is 2.70. The minimum absolute atomic E-state index is 0.0116. The van der Waals surface area contributed by atoms with E-state index in [1.54, 1.807) is 24.1 Å². The fourth-order valence-electron chi connectivity index (χ4n) is 2.73. The van der Waals surface area contributed by atoms with Crippen molar-refractivity contribution in [2.45, 2.75) is 6.61 Å². The first-order valence-electron chi connectivity index (χ1n) is 7.55. The zero-order valence-electron chi connectivity index (χ0n) is 13.2. The van der Waals surface area contributed by atoms with Crippen LogP contribution in [0.5, 0.6) is 0 Å². The van der Waals surface area contributed by atoms with Crippen molar-refractivity contribution in [1.82, 2.24) is 0 Å². The minimum atomic E-state index is -0.643. The third-order valence-corrected chi connectivity index (χ3v) is 3.88. The zero-order valence-corrected chi connectivity index (χ0v) is 13.2. The van der Waals surface area contributed by atoms with Crippen molar-refractivity contribution in [2.75, 3.05) is 31.8 Å². The number of benzene rings is 2. The fourth-order valence-corrected chi connectivity index (χ4v) is 2.73. The number of hydrogen-bond acceptors (Lipinski definition) is 3. The molecule has 2 aromatic carbocycles. The van der Waals surface area contributed by atoms with E-state index in [1.165, 1.54) is 12.1 Å². The SMILES string of the molecule is COCCN1C(=O)COCc2ccc(-c3cc(F)cc(F)c3)cc21. The monoisotopic (exact) mass is 333 g/mol. The predicted molar refractivity (Wildman–Crippen MR) is 85.7 cm³/mol. The number of halogens is 2. The summed E-state index contributed by atoms with van der Waals surface area (Å²) in [6.07, 6.45) is 0. The van der Waals surface area contributed by atoms with E-state index in [4.69, 9.17) is 9.47 Å². The molecule has 0 aliphatic carbocycles. The Labute approximate surface area is 138 Å². The highest BCUT2D eigenvalue weighted by Crippen LogP contribution is 2.31. The van der Waals surface area contributed by atoms with E-state index in [0.29, 0.717) is 36.6 Å². The number of ether oxygens (including phenoxy) is 2. The Morgan fingerprint density at radius 2 is 1.83 bits per heavy atom. The van der Waals surface area contributed by atoms with Crippen LogP contribution in [-0.4, -0.2) is 32.8 Å². The summed E-state index contributed by atoms with van der Waals surface area (Å²) in [7, 11) is 1.56. The Morgan fingerprint density at radius 1 is 1.08 bits per heavy atom. The molecule has 0 aromatic heterocycles. The number of carbonyl (C=O) groups is 1. The minimum Gasteiger partial charge on any atom is -0.383 e. The molecule has 0 fully saturated rings. The normalized spacial score (nSPS) is 14.5. The van der Waals surface area contributed by atoms with E-state index in [0.717, 1.165) is 11.6 Å². The maximum atomic E-state index is 13.5. The summed E-state index contributed by atoms with van der Waals surface area (Å²) < 4.78 is 37.4. The van der Waals surface area contributed by atoms with Crippen LogP contribution in [0.1, 0.15) is 5.56 Å². The van der Waals surface area contributed by atoms with Crippen LogP contribution >= 0.6 is 0 Å². The maximum Gasteiger partial charge on any atom is 0.253 e. The number of fused-ring (bicyclic) bond motifs is 1. The van der Waals surface area contributed by atoms with Crippen LogP contribution in [0.25, 0.3) is 11.1 Å². The molecule has 1 heterocycles. The van der Waals surface area contributed by atoms with Gasteiger partial charge in [-0.2, -0.15) is 0 Å². The predicted octanol–water partition coefficient (Wildman–Crippen LogP) is 3.14. The lowest BCUT2D eigenvalue weighted by Gasteiger charge is -2.22. The molecule has 1 aliphatic heterocycles. The lowest BCUT2D eigenvalue weighted by Crippen LogP contribution is -2.35. The highest BCUT2D eigenvalue weighted by molar-refractivity contribution is 5.96. The number of hydrogen-bond donors (Lipinski definition) is 0. The first-order chi connectivity index (χ1) is 11.6. The molecular weight excluding hydrogens is 316 g/mol. The molecule has 0 unspecified atom stereocenters. The van der Waals surface area contributed by atoms with Crippen LogP contribution < -0.4 is 4.90 Å².